The van der Waals surface area contributed by atoms with E-state index in [1.807, 2.05) is 59.6 Å². The number of carbonyl (C=O) groups is 1. The molecule has 0 radical (unpaired) electrons. The summed E-state index contributed by atoms with van der Waals surface area (Å²) in [6.07, 6.45) is 6.99. The molecule has 15 heteroatoms. The van der Waals surface area contributed by atoms with E-state index in [1.165, 1.54) is 24.5 Å². The Morgan fingerprint density at radius 2 is 1.20 bits per heavy atom. The molecule has 0 unspecified atom stereocenters. The lowest BCUT2D eigenvalue weighted by Gasteiger charge is -2.15. The molecule has 4 aromatic carbocycles. The Morgan fingerprint density at radius 3 is 1.85 bits per heavy atom. The molecule has 0 atom stereocenters. The van der Waals surface area contributed by atoms with Crippen LogP contribution in [0.15, 0.2) is 122 Å². The van der Waals surface area contributed by atoms with Gasteiger partial charge in [-0.25, -0.2) is 37.5 Å². The number of nitrogens with zero attached hydrogens (tertiary/aromatic N) is 7. The van der Waals surface area contributed by atoms with Crippen LogP contribution in [0, 0.1) is 23.3 Å². The number of anilines is 4. The molecule has 10 rings (SSSR count). The smallest absolute Gasteiger partial charge is 0.169 e. The van der Waals surface area contributed by atoms with Crippen molar-refractivity contribution in [3.05, 3.63) is 179 Å². The van der Waals surface area contributed by atoms with Gasteiger partial charge >= 0.3 is 0 Å². The summed E-state index contributed by atoms with van der Waals surface area (Å²) in [6, 6.07) is 27.8. The number of aromatic nitrogens is 6. The molecule has 0 aliphatic carbocycles. The van der Waals surface area contributed by atoms with Gasteiger partial charge in [0.15, 0.2) is 29.6 Å². The van der Waals surface area contributed by atoms with Crippen LogP contribution in [0.2, 0.25) is 0 Å². The van der Waals surface area contributed by atoms with E-state index < -0.39 is 23.3 Å². The summed E-state index contributed by atoms with van der Waals surface area (Å²) < 4.78 is 52.2. The van der Waals surface area contributed by atoms with Crippen LogP contribution in [-0.2, 0) is 32.7 Å². The molecular formula is C44H34F4N10O. The first-order chi connectivity index (χ1) is 28.8. The van der Waals surface area contributed by atoms with Gasteiger partial charge in [0.1, 0.15) is 24.3 Å². The van der Waals surface area contributed by atoms with Crippen LogP contribution < -0.4 is 16.0 Å². The predicted molar refractivity (Wildman–Crippen MR) is 216 cm³/mol. The average Bonchev–Trinajstić information content (AvgIpc) is 3.92. The van der Waals surface area contributed by atoms with Crippen molar-refractivity contribution >= 4 is 51.1 Å². The van der Waals surface area contributed by atoms with Gasteiger partial charge in [-0.1, -0.05) is 54.6 Å². The van der Waals surface area contributed by atoms with Crippen LogP contribution in [0.4, 0.5) is 40.6 Å². The van der Waals surface area contributed by atoms with Crippen molar-refractivity contribution < 1.29 is 22.4 Å². The summed E-state index contributed by atoms with van der Waals surface area (Å²) in [5, 5.41) is 12.1. The minimum Gasteiger partial charge on any atom is -0.339 e. The maximum atomic E-state index is 14.0. The van der Waals surface area contributed by atoms with Crippen molar-refractivity contribution in [1.82, 2.24) is 40.1 Å². The molecule has 2 aliphatic heterocycles. The summed E-state index contributed by atoms with van der Waals surface area (Å²) >= 11 is 0. The topological polar surface area (TPSA) is 134 Å². The van der Waals surface area contributed by atoms with Crippen molar-refractivity contribution in [2.45, 2.75) is 32.7 Å². The Labute approximate surface area is 335 Å². The Bertz CT molecular complexity index is 2810. The molecule has 0 amide bonds. The molecule has 294 valence electrons. The normalized spacial score (nSPS) is 12.8. The lowest BCUT2D eigenvalue weighted by atomic mass is 10.2. The van der Waals surface area contributed by atoms with E-state index in [0.717, 1.165) is 86.7 Å². The van der Waals surface area contributed by atoms with E-state index in [9.17, 15) is 22.4 Å². The van der Waals surface area contributed by atoms with E-state index in [0.29, 0.717) is 31.0 Å². The summed E-state index contributed by atoms with van der Waals surface area (Å²) in [7, 11) is 0. The highest BCUT2D eigenvalue weighted by molar-refractivity contribution is 5.83. The zero-order valence-corrected chi connectivity index (χ0v) is 31.2. The summed E-state index contributed by atoms with van der Waals surface area (Å²) in [5.41, 5.74) is 7.82. The third-order valence-electron chi connectivity index (χ3n) is 9.66. The number of fused-ring (bicyclic) bond motifs is 4. The molecule has 8 aromatic rings. The first-order valence-corrected chi connectivity index (χ1v) is 18.5. The molecule has 0 saturated carbocycles. The van der Waals surface area contributed by atoms with Crippen LogP contribution in [0.1, 0.15) is 38.4 Å². The second kappa shape index (κ2) is 17.5. The van der Waals surface area contributed by atoms with Crippen LogP contribution >= 0.6 is 0 Å². The maximum Gasteiger partial charge on any atom is 0.169 e. The van der Waals surface area contributed by atoms with Crippen molar-refractivity contribution in [2.75, 3.05) is 10.6 Å². The minimum absolute atomic E-state index is 0.250. The van der Waals surface area contributed by atoms with Crippen LogP contribution in [0.5, 0.6) is 0 Å². The van der Waals surface area contributed by atoms with Crippen molar-refractivity contribution in [3.8, 4) is 0 Å². The molecular weight excluding hydrogens is 761 g/mol. The molecule has 0 fully saturated rings. The van der Waals surface area contributed by atoms with Crippen LogP contribution in [0.25, 0.3) is 21.8 Å². The van der Waals surface area contributed by atoms with E-state index in [2.05, 4.69) is 58.0 Å². The first kappa shape index (κ1) is 38.6. The van der Waals surface area contributed by atoms with E-state index >= 15 is 0 Å². The first-order valence-electron chi connectivity index (χ1n) is 18.5. The third-order valence-corrected chi connectivity index (χ3v) is 9.66. The number of benzene rings is 4. The monoisotopic (exact) mass is 794 g/mol. The van der Waals surface area contributed by atoms with Gasteiger partial charge in [-0.15, -0.1) is 0 Å². The highest BCUT2D eigenvalue weighted by Gasteiger charge is 2.25. The Kier molecular flexibility index (Phi) is 11.5. The Morgan fingerprint density at radius 1 is 0.610 bits per heavy atom. The summed E-state index contributed by atoms with van der Waals surface area (Å²) in [4.78, 5) is 38.3. The number of pyridine rings is 2. The number of hydrogen-bond donors (Lipinski definition) is 3. The van der Waals surface area contributed by atoms with Crippen LogP contribution in [0.3, 0.4) is 0 Å². The zero-order chi connectivity index (χ0) is 40.7. The highest BCUT2D eigenvalue weighted by Crippen LogP contribution is 2.30. The summed E-state index contributed by atoms with van der Waals surface area (Å²) in [6.45, 7) is 3.02. The minimum atomic E-state index is -1.09. The quantitative estimate of drug-likeness (QED) is 0.106. The maximum absolute atomic E-state index is 14.0. The van der Waals surface area contributed by atoms with E-state index in [4.69, 9.17) is 0 Å². The highest BCUT2D eigenvalue weighted by atomic mass is 19.2. The third kappa shape index (κ3) is 8.86. The van der Waals surface area contributed by atoms with Gasteiger partial charge in [0.25, 0.3) is 0 Å². The van der Waals surface area contributed by atoms with Gasteiger partial charge < -0.3 is 16.0 Å². The number of hydrogen-bond acceptors (Lipinski definition) is 11. The molecule has 0 saturated heterocycles. The fourth-order valence-corrected chi connectivity index (χ4v) is 6.74. The lowest BCUT2D eigenvalue weighted by molar-refractivity contribution is 0.111. The second-order valence-corrected chi connectivity index (χ2v) is 13.6. The lowest BCUT2D eigenvalue weighted by Crippen LogP contribution is -2.17. The molecule has 0 bridgehead atoms. The number of nitrogens with one attached hydrogen (secondary N) is 3. The fourth-order valence-electron chi connectivity index (χ4n) is 6.74. The largest absolute Gasteiger partial charge is 0.339 e. The number of carbonyl (C=O) groups excluding carboxylic acids is 1. The SMILES string of the molecule is Fc1cccc(CN2Cc3ncnc(Nc4cnc5ccccc5c4)c3C2)c1F.O=Cc1cccc(F)c1F.c1ccc2ncc(Nc3ncnc4c3CNC4)cc2c1. The summed E-state index contributed by atoms with van der Waals surface area (Å²) in [5.74, 6) is -2.14. The van der Waals surface area contributed by atoms with Gasteiger partial charge in [0.05, 0.1) is 51.8 Å². The molecule has 2 aliphatic rings. The van der Waals surface area contributed by atoms with Crippen molar-refractivity contribution in [2.24, 2.45) is 0 Å². The predicted octanol–water partition coefficient (Wildman–Crippen LogP) is 8.71. The van der Waals surface area contributed by atoms with Gasteiger partial charge in [-0.2, -0.15) is 0 Å². The number of para-hydroxylation sites is 2. The molecule has 4 aromatic heterocycles. The van der Waals surface area contributed by atoms with Gasteiger partial charge in [0, 0.05) is 60.2 Å². The molecule has 6 heterocycles. The Hall–Kier alpha value is -7.23. The van der Waals surface area contributed by atoms with E-state index in [1.54, 1.807) is 18.6 Å². The van der Waals surface area contributed by atoms with Gasteiger partial charge in [-0.05, 0) is 42.5 Å². The Balaban J connectivity index is 0.000000139. The molecule has 3 N–H and O–H groups in total. The van der Waals surface area contributed by atoms with E-state index in [-0.39, 0.29) is 11.8 Å². The fraction of sp³-hybridized carbons (Fsp3) is 0.114. The number of rotatable bonds is 7. The van der Waals surface area contributed by atoms with Gasteiger partial charge in [0.2, 0.25) is 0 Å². The number of halogens is 4. The van der Waals surface area contributed by atoms with Crippen LogP contribution in [-0.4, -0.2) is 41.1 Å². The average molecular weight is 795 g/mol. The zero-order valence-electron chi connectivity index (χ0n) is 31.2. The number of aldehydes is 1. The molecule has 11 nitrogen and oxygen atoms in total. The molecule has 59 heavy (non-hydrogen) atoms. The molecule has 0 spiro atoms. The van der Waals surface area contributed by atoms with Gasteiger partial charge in [-0.3, -0.25) is 19.7 Å². The van der Waals surface area contributed by atoms with Crippen molar-refractivity contribution in [3.63, 3.8) is 0 Å². The second-order valence-electron chi connectivity index (χ2n) is 13.6. The van der Waals surface area contributed by atoms with Crippen molar-refractivity contribution in [1.29, 1.82) is 0 Å². The standard InChI is InChI=1S/C22H17F2N5.C15H13N5.C7H4F2O/c23-18-6-3-5-15(21(18)24)10-29-11-17-20(12-29)26-13-27-22(17)28-16-8-14-4-1-2-7-19(14)25-9-16;1-2-4-13-10(3-1)5-11(6-17-13)20-15-12-7-16-8-14(12)18-9-19-15;8-6-3-1-2-5(4-10)7(6)9/h1-9,13H,10-12H2,(H,26,27,28);1-6,9,16H,7-8H2,(H,18,19,20);1-4H.